The Labute approximate surface area is 70.8 Å². The van der Waals surface area contributed by atoms with Crippen molar-refractivity contribution in [3.8, 4) is 0 Å². The largest absolute Gasteiger partial charge is 0.415 e. The van der Waals surface area contributed by atoms with E-state index in [9.17, 15) is 13.2 Å². The lowest BCUT2D eigenvalue weighted by Gasteiger charge is -2.03. The highest BCUT2D eigenvalue weighted by Gasteiger charge is 2.29. The van der Waals surface area contributed by atoms with E-state index in [2.05, 4.69) is 6.58 Å². The minimum absolute atomic E-state index is 0.686. The van der Waals surface area contributed by atoms with Gasteiger partial charge >= 0.3 is 6.18 Å². The standard InChI is InChI=1S/C9H13F3/c1-3-4-5-6-7-8(2)9(10,11)12/h6-7H,2-5H2,1H3/b7-6+. The van der Waals surface area contributed by atoms with E-state index in [-0.39, 0.29) is 0 Å². The minimum Gasteiger partial charge on any atom is -0.166 e. The van der Waals surface area contributed by atoms with E-state index in [0.29, 0.717) is 6.42 Å². The van der Waals surface area contributed by atoms with Crippen molar-refractivity contribution in [1.82, 2.24) is 0 Å². The van der Waals surface area contributed by atoms with E-state index in [1.807, 2.05) is 6.92 Å². The zero-order valence-corrected chi connectivity index (χ0v) is 7.12. The molecule has 0 radical (unpaired) electrons. The number of hydrogen-bond acceptors (Lipinski definition) is 0. The molecule has 0 aliphatic heterocycles. The Kier molecular flexibility index (Phi) is 4.71. The fourth-order valence-electron chi connectivity index (χ4n) is 0.642. The first-order valence-corrected chi connectivity index (χ1v) is 3.91. The van der Waals surface area contributed by atoms with Crippen LogP contribution in [-0.2, 0) is 0 Å². The molecular weight excluding hydrogens is 165 g/mol. The van der Waals surface area contributed by atoms with Crippen molar-refractivity contribution in [2.45, 2.75) is 32.4 Å². The normalized spacial score (nSPS) is 12.3. The van der Waals surface area contributed by atoms with Gasteiger partial charge in [-0.25, -0.2) is 0 Å². The highest BCUT2D eigenvalue weighted by Crippen LogP contribution is 2.24. The first-order valence-electron chi connectivity index (χ1n) is 3.91. The van der Waals surface area contributed by atoms with Gasteiger partial charge in [0, 0.05) is 5.57 Å². The van der Waals surface area contributed by atoms with Crippen LogP contribution < -0.4 is 0 Å². The van der Waals surface area contributed by atoms with Crippen LogP contribution in [0.15, 0.2) is 24.3 Å². The van der Waals surface area contributed by atoms with Gasteiger partial charge in [-0.05, 0) is 6.42 Å². The predicted molar refractivity (Wildman–Crippen MR) is 43.9 cm³/mol. The summed E-state index contributed by atoms with van der Waals surface area (Å²) in [5.74, 6) is 0. The Balaban J connectivity index is 3.77. The van der Waals surface area contributed by atoms with Gasteiger partial charge < -0.3 is 0 Å². The topological polar surface area (TPSA) is 0 Å². The molecule has 12 heavy (non-hydrogen) atoms. The van der Waals surface area contributed by atoms with Crippen molar-refractivity contribution in [3.05, 3.63) is 24.3 Å². The van der Waals surface area contributed by atoms with Crippen LogP contribution in [0.2, 0.25) is 0 Å². The zero-order chi connectivity index (χ0) is 9.61. The number of alkyl halides is 3. The summed E-state index contributed by atoms with van der Waals surface area (Å²) in [4.78, 5) is 0. The average Bonchev–Trinajstić information content (AvgIpc) is 1.96. The van der Waals surface area contributed by atoms with Crippen molar-refractivity contribution in [1.29, 1.82) is 0 Å². The lowest BCUT2D eigenvalue weighted by Crippen LogP contribution is -2.08. The molecule has 0 aliphatic carbocycles. The molecule has 0 saturated heterocycles. The molecule has 70 valence electrons. The predicted octanol–water partition coefficient (Wildman–Crippen LogP) is 3.85. The van der Waals surface area contributed by atoms with Gasteiger partial charge in [0.1, 0.15) is 0 Å². The average molecular weight is 178 g/mol. The third-order valence-corrected chi connectivity index (χ3v) is 1.41. The molecule has 0 amide bonds. The molecule has 0 nitrogen and oxygen atoms in total. The van der Waals surface area contributed by atoms with E-state index in [0.717, 1.165) is 18.9 Å². The minimum atomic E-state index is -4.28. The molecule has 0 aromatic rings. The van der Waals surface area contributed by atoms with Gasteiger partial charge in [0.25, 0.3) is 0 Å². The van der Waals surface area contributed by atoms with Crippen molar-refractivity contribution in [2.24, 2.45) is 0 Å². The van der Waals surface area contributed by atoms with Crippen molar-refractivity contribution < 1.29 is 13.2 Å². The quantitative estimate of drug-likeness (QED) is 0.453. The number of halogens is 3. The van der Waals surface area contributed by atoms with Gasteiger partial charge in [0.15, 0.2) is 0 Å². The van der Waals surface area contributed by atoms with Crippen LogP contribution in [0.25, 0.3) is 0 Å². The monoisotopic (exact) mass is 178 g/mol. The molecule has 0 aromatic carbocycles. The molecule has 0 aliphatic rings. The number of unbranched alkanes of at least 4 members (excludes halogenated alkanes) is 2. The van der Waals surface area contributed by atoms with Gasteiger partial charge in [-0.15, -0.1) is 0 Å². The molecule has 0 atom stereocenters. The summed E-state index contributed by atoms with van der Waals surface area (Å²) < 4.78 is 35.4. The number of allylic oxidation sites excluding steroid dienone is 3. The van der Waals surface area contributed by atoms with Gasteiger partial charge in [-0.1, -0.05) is 38.5 Å². The summed E-state index contributed by atoms with van der Waals surface area (Å²) in [6, 6.07) is 0. The zero-order valence-electron chi connectivity index (χ0n) is 7.12. The molecule has 0 unspecified atom stereocenters. The van der Waals surface area contributed by atoms with E-state index in [4.69, 9.17) is 0 Å². The van der Waals surface area contributed by atoms with Gasteiger partial charge in [-0.3, -0.25) is 0 Å². The van der Waals surface area contributed by atoms with Crippen LogP contribution in [0.4, 0.5) is 13.2 Å². The molecule has 3 heteroatoms. The Bertz CT molecular complexity index is 165. The van der Waals surface area contributed by atoms with Gasteiger partial charge in [0.2, 0.25) is 0 Å². The fourth-order valence-corrected chi connectivity index (χ4v) is 0.642. The Morgan fingerprint density at radius 3 is 2.42 bits per heavy atom. The van der Waals surface area contributed by atoms with Crippen LogP contribution >= 0.6 is 0 Å². The summed E-state index contributed by atoms with van der Waals surface area (Å²) in [6.45, 7) is 4.90. The molecule has 0 fully saturated rings. The second-order valence-corrected chi connectivity index (χ2v) is 2.57. The second-order valence-electron chi connectivity index (χ2n) is 2.57. The molecule has 0 bridgehead atoms. The highest BCUT2D eigenvalue weighted by molar-refractivity contribution is 5.19. The van der Waals surface area contributed by atoms with Crippen molar-refractivity contribution in [2.75, 3.05) is 0 Å². The van der Waals surface area contributed by atoms with Gasteiger partial charge in [0.05, 0.1) is 0 Å². The summed E-state index contributed by atoms with van der Waals surface area (Å²) in [6.07, 6.45) is 0.869. The molecule has 0 heterocycles. The maximum absolute atomic E-state index is 11.8. The van der Waals surface area contributed by atoms with Crippen LogP contribution in [-0.4, -0.2) is 6.18 Å². The third kappa shape index (κ3) is 4.99. The molecule has 0 spiro atoms. The molecule has 0 N–H and O–H groups in total. The second kappa shape index (κ2) is 5.01. The summed E-state index contributed by atoms with van der Waals surface area (Å²) >= 11 is 0. The van der Waals surface area contributed by atoms with Crippen LogP contribution in [0.5, 0.6) is 0 Å². The fraction of sp³-hybridized carbons (Fsp3) is 0.556. The smallest absolute Gasteiger partial charge is 0.166 e. The van der Waals surface area contributed by atoms with E-state index in [1.165, 1.54) is 6.08 Å². The lowest BCUT2D eigenvalue weighted by molar-refractivity contribution is -0.0878. The van der Waals surface area contributed by atoms with Crippen LogP contribution in [0.1, 0.15) is 26.2 Å². The van der Waals surface area contributed by atoms with Crippen molar-refractivity contribution in [3.63, 3.8) is 0 Å². The van der Waals surface area contributed by atoms with E-state index < -0.39 is 11.7 Å². The Morgan fingerprint density at radius 2 is 2.00 bits per heavy atom. The summed E-state index contributed by atoms with van der Waals surface area (Å²) in [5, 5.41) is 0. The molecular formula is C9H13F3. The maximum Gasteiger partial charge on any atom is 0.415 e. The Hall–Kier alpha value is -0.730. The van der Waals surface area contributed by atoms with Crippen molar-refractivity contribution >= 4 is 0 Å². The first kappa shape index (κ1) is 11.3. The van der Waals surface area contributed by atoms with Gasteiger partial charge in [-0.2, -0.15) is 13.2 Å². The van der Waals surface area contributed by atoms with Crippen LogP contribution in [0.3, 0.4) is 0 Å². The molecule has 0 saturated carbocycles. The SMILES string of the molecule is C=C(/C=C/CCCC)C(F)(F)F. The first-order chi connectivity index (χ1) is 5.48. The Morgan fingerprint density at radius 1 is 1.42 bits per heavy atom. The highest BCUT2D eigenvalue weighted by atomic mass is 19.4. The lowest BCUT2D eigenvalue weighted by atomic mass is 10.2. The third-order valence-electron chi connectivity index (χ3n) is 1.41. The number of hydrogen-bond donors (Lipinski definition) is 0. The van der Waals surface area contributed by atoms with Crippen LogP contribution in [0, 0.1) is 0 Å². The molecule has 0 rings (SSSR count). The number of rotatable bonds is 4. The van der Waals surface area contributed by atoms with E-state index >= 15 is 0 Å². The maximum atomic E-state index is 11.8. The summed E-state index contributed by atoms with van der Waals surface area (Å²) in [7, 11) is 0. The van der Waals surface area contributed by atoms with E-state index in [1.54, 1.807) is 0 Å². The molecule has 0 aromatic heterocycles. The summed E-state index contributed by atoms with van der Waals surface area (Å²) in [5.41, 5.74) is -0.779.